The number of unbranched alkanes of at least 4 members (excludes halogenated alkanes) is 15. The van der Waals surface area contributed by atoms with E-state index in [-0.39, 0.29) is 17.0 Å². The van der Waals surface area contributed by atoms with E-state index in [1.54, 1.807) is 0 Å². The molecule has 0 fully saturated rings. The number of hydrogen-bond acceptors (Lipinski definition) is 1. The van der Waals surface area contributed by atoms with Gasteiger partial charge in [-0.25, -0.2) is 0 Å². The van der Waals surface area contributed by atoms with Crippen LogP contribution in [0.4, 0.5) is 0 Å². The third-order valence-corrected chi connectivity index (χ3v) is 5.65. The molecule has 0 bridgehead atoms. The highest BCUT2D eigenvalue weighted by Crippen LogP contribution is 2.14. The van der Waals surface area contributed by atoms with Crippen LogP contribution in [-0.4, -0.2) is 37.6 Å². The minimum absolute atomic E-state index is 0. The molecule has 0 aromatic rings. The first-order valence-corrected chi connectivity index (χ1v) is 12.6. The van der Waals surface area contributed by atoms with Crippen molar-refractivity contribution in [3.8, 4) is 0 Å². The Hall–Kier alpha value is -0.350. The molecule has 0 aliphatic carbocycles. The Morgan fingerprint density at radius 2 is 0.967 bits per heavy atom. The molecular weight excluding hydrogens is 436 g/mol. The molecule has 0 atom stereocenters. The summed E-state index contributed by atoms with van der Waals surface area (Å²) < 4.78 is 1.22. The number of carbonyl (C=O) groups excluding carboxylic acids is 1. The molecule has 0 heterocycles. The fraction of sp³-hybridized carbons (Fsp3) is 0.885. The van der Waals surface area contributed by atoms with Crippen LogP contribution >= 0.6 is 0 Å². The molecule has 0 saturated heterocycles. The van der Waals surface area contributed by atoms with Crippen molar-refractivity contribution in [2.75, 3.05) is 27.2 Å². The smallest absolute Gasteiger partial charge is 0.240 e. The van der Waals surface area contributed by atoms with Crippen LogP contribution in [0.1, 0.15) is 123 Å². The minimum atomic E-state index is -0.481. The number of primary amides is 1. The van der Waals surface area contributed by atoms with Crippen LogP contribution in [0.5, 0.6) is 0 Å². The first-order chi connectivity index (χ1) is 13.9. The monoisotopic (exact) mass is 490 g/mol. The summed E-state index contributed by atoms with van der Waals surface area (Å²) in [6.07, 6.45) is 25.8. The van der Waals surface area contributed by atoms with Gasteiger partial charge in [-0.15, -0.1) is 0 Å². The number of amides is 1. The van der Waals surface area contributed by atoms with Crippen molar-refractivity contribution < 1.29 is 26.3 Å². The van der Waals surface area contributed by atoms with Crippen molar-refractivity contribution in [3.63, 3.8) is 0 Å². The van der Waals surface area contributed by atoms with Crippen LogP contribution in [-0.2, 0) is 4.79 Å². The van der Waals surface area contributed by atoms with Crippen molar-refractivity contribution in [1.82, 2.24) is 0 Å². The minimum Gasteiger partial charge on any atom is -1.00 e. The number of halogens is 1. The van der Waals surface area contributed by atoms with Crippen LogP contribution in [0.2, 0.25) is 0 Å². The second kappa shape index (κ2) is 26.7. The van der Waals surface area contributed by atoms with E-state index in [0.29, 0.717) is 0 Å². The molecule has 2 N–H and O–H groups in total. The molecule has 3 nitrogen and oxygen atoms in total. The third kappa shape index (κ3) is 32.3. The molecule has 30 heavy (non-hydrogen) atoms. The van der Waals surface area contributed by atoms with Gasteiger partial charge in [-0.2, -0.15) is 0 Å². The predicted molar refractivity (Wildman–Crippen MR) is 131 cm³/mol. The van der Waals surface area contributed by atoms with Gasteiger partial charge in [-0.05, 0) is 25.3 Å². The van der Waals surface area contributed by atoms with Gasteiger partial charge < -0.3 is 27.2 Å². The summed E-state index contributed by atoms with van der Waals surface area (Å²) in [5.74, 6) is -0.481. The molecule has 0 spiro atoms. The summed E-state index contributed by atoms with van der Waals surface area (Å²) in [6.45, 7) is 10.4. The van der Waals surface area contributed by atoms with Gasteiger partial charge in [0.15, 0.2) is 0 Å². The highest BCUT2D eigenvalue weighted by Gasteiger charge is 2.11. The Morgan fingerprint density at radius 3 is 1.23 bits per heavy atom. The summed E-state index contributed by atoms with van der Waals surface area (Å²) in [6, 6.07) is 0. The lowest BCUT2D eigenvalue weighted by Crippen LogP contribution is -3.00. The van der Waals surface area contributed by atoms with Crippen LogP contribution in [0, 0.1) is 0 Å². The van der Waals surface area contributed by atoms with Gasteiger partial charge in [0.25, 0.3) is 0 Å². The topological polar surface area (TPSA) is 43.1 Å². The van der Waals surface area contributed by atoms with Gasteiger partial charge in [0, 0.05) is 0 Å². The summed E-state index contributed by atoms with van der Waals surface area (Å²) in [5.41, 5.74) is 4.53. The molecule has 0 radical (unpaired) electrons. The lowest BCUT2D eigenvalue weighted by Gasteiger charge is -2.29. The normalized spacial score (nSPS) is 10.7. The zero-order valence-electron chi connectivity index (χ0n) is 21.0. The Labute approximate surface area is 200 Å². The summed E-state index contributed by atoms with van der Waals surface area (Å²) in [5, 5.41) is 0. The standard InChI is InChI=1S/C23H50N.C3H5NO.BrH/c1-5-7-8-9-10-11-12-13-14-15-16-17-18-19-20-21-23-24(3,4)22-6-2;1-2-3(4)5;/h5-23H2,1-4H3;2H,1H2,(H2,4,5);1H/q+1;;/p-1. The molecule has 0 rings (SSSR count). The van der Waals surface area contributed by atoms with Crippen molar-refractivity contribution in [1.29, 1.82) is 0 Å². The van der Waals surface area contributed by atoms with E-state index in [2.05, 4.69) is 40.3 Å². The van der Waals surface area contributed by atoms with Crippen LogP contribution in [0.15, 0.2) is 12.7 Å². The quantitative estimate of drug-likeness (QED) is 0.153. The van der Waals surface area contributed by atoms with Crippen LogP contribution in [0.25, 0.3) is 0 Å². The van der Waals surface area contributed by atoms with Crippen molar-refractivity contribution in [2.45, 2.75) is 123 Å². The average Bonchev–Trinajstić information content (AvgIpc) is 2.68. The molecule has 0 saturated carbocycles. The number of rotatable bonds is 20. The molecule has 0 aromatic heterocycles. The third-order valence-electron chi connectivity index (χ3n) is 5.65. The number of quaternary nitrogens is 1. The lowest BCUT2D eigenvalue weighted by molar-refractivity contribution is -0.890. The predicted octanol–water partition coefficient (Wildman–Crippen LogP) is 4.40. The van der Waals surface area contributed by atoms with Crippen LogP contribution < -0.4 is 22.7 Å². The van der Waals surface area contributed by atoms with E-state index in [1.807, 2.05) is 0 Å². The number of nitrogens with zero attached hydrogens (tertiary/aromatic N) is 1. The molecule has 4 heteroatoms. The maximum Gasteiger partial charge on any atom is 0.240 e. The zero-order valence-corrected chi connectivity index (χ0v) is 22.6. The van der Waals surface area contributed by atoms with E-state index in [1.165, 1.54) is 127 Å². The van der Waals surface area contributed by atoms with Gasteiger partial charge >= 0.3 is 0 Å². The van der Waals surface area contributed by atoms with Crippen LogP contribution in [0.3, 0.4) is 0 Å². The maximum absolute atomic E-state index is 9.47. The van der Waals surface area contributed by atoms with E-state index < -0.39 is 5.91 Å². The number of carbonyl (C=O) groups is 1. The van der Waals surface area contributed by atoms with Gasteiger partial charge in [0.2, 0.25) is 5.91 Å². The van der Waals surface area contributed by atoms with Crippen molar-refractivity contribution in [3.05, 3.63) is 12.7 Å². The molecule has 0 aromatic carbocycles. The van der Waals surface area contributed by atoms with Gasteiger partial charge in [-0.1, -0.05) is 110 Å². The van der Waals surface area contributed by atoms with Gasteiger partial charge in [0.1, 0.15) is 0 Å². The molecule has 1 amide bonds. The molecule has 182 valence electrons. The Balaban J connectivity index is -0.00000108. The molecule has 0 aliphatic rings. The summed E-state index contributed by atoms with van der Waals surface area (Å²) in [4.78, 5) is 9.47. The lowest BCUT2D eigenvalue weighted by atomic mass is 10.0. The molecule has 0 unspecified atom stereocenters. The summed E-state index contributed by atoms with van der Waals surface area (Å²) >= 11 is 0. The van der Waals surface area contributed by atoms with Gasteiger partial charge in [-0.3, -0.25) is 4.79 Å². The summed E-state index contributed by atoms with van der Waals surface area (Å²) in [7, 11) is 4.77. The highest BCUT2D eigenvalue weighted by atomic mass is 79.9. The first kappa shape index (κ1) is 34.3. The molecule has 0 aliphatic heterocycles. The van der Waals surface area contributed by atoms with E-state index in [4.69, 9.17) is 0 Å². The van der Waals surface area contributed by atoms with E-state index in [0.717, 1.165) is 6.08 Å². The second-order valence-electron chi connectivity index (χ2n) is 9.29. The van der Waals surface area contributed by atoms with E-state index >= 15 is 0 Å². The molecular formula is C26H55BrN2O. The van der Waals surface area contributed by atoms with Gasteiger partial charge in [0.05, 0.1) is 27.2 Å². The van der Waals surface area contributed by atoms with Crippen molar-refractivity contribution >= 4 is 5.91 Å². The SMILES string of the molecule is C=CC(N)=O.CCCCCCCCCCCCCCCCCC[N+](C)(C)CCC.[Br-]. The number of nitrogens with two attached hydrogens (primary N) is 1. The Kier molecular flexibility index (Phi) is 30.5. The second-order valence-corrected chi connectivity index (χ2v) is 9.29. The number of hydrogen-bond donors (Lipinski definition) is 1. The average molecular weight is 492 g/mol. The Bertz CT molecular complexity index is 359. The zero-order chi connectivity index (χ0) is 22.2. The first-order valence-electron chi connectivity index (χ1n) is 12.6. The highest BCUT2D eigenvalue weighted by molar-refractivity contribution is 5.84. The fourth-order valence-corrected chi connectivity index (χ4v) is 3.81. The van der Waals surface area contributed by atoms with Crippen molar-refractivity contribution in [2.24, 2.45) is 5.73 Å². The Morgan fingerprint density at radius 1 is 0.667 bits per heavy atom. The fourth-order valence-electron chi connectivity index (χ4n) is 3.81. The maximum atomic E-state index is 9.47. The van der Waals surface area contributed by atoms with E-state index in [9.17, 15) is 4.79 Å². The largest absolute Gasteiger partial charge is 1.00 e.